The minimum atomic E-state index is -0.486. The van der Waals surface area contributed by atoms with Gasteiger partial charge in [0, 0.05) is 38.2 Å². The van der Waals surface area contributed by atoms with Gasteiger partial charge in [0.2, 0.25) is 0 Å². The van der Waals surface area contributed by atoms with Crippen LogP contribution >= 0.6 is 0 Å². The Labute approximate surface area is 354 Å². The number of pyridine rings is 1. The number of fused-ring (bicyclic) bond motifs is 8. The smallest absolute Gasteiger partial charge is 0.160 e. The Balaban J connectivity index is 1.02. The van der Waals surface area contributed by atoms with E-state index in [0.29, 0.717) is 5.82 Å². The monoisotopic (exact) mass is 775 g/mol. The molecule has 0 bridgehead atoms. The van der Waals surface area contributed by atoms with Crippen molar-refractivity contribution in [2.75, 3.05) is 0 Å². The molecular formula is C58H37N3. The molecule has 1 aliphatic rings. The Morgan fingerprint density at radius 3 is 1.61 bits per heavy atom. The van der Waals surface area contributed by atoms with Crippen LogP contribution in [0.5, 0.6) is 0 Å². The number of nitrogens with zero attached hydrogens (tertiary/aromatic N) is 3. The number of benzene rings is 9. The van der Waals surface area contributed by atoms with Gasteiger partial charge in [-0.1, -0.05) is 206 Å². The molecule has 0 unspecified atom stereocenters. The molecule has 0 atom stereocenters. The van der Waals surface area contributed by atoms with Crippen molar-refractivity contribution < 1.29 is 0 Å². The maximum atomic E-state index is 5.44. The van der Waals surface area contributed by atoms with Crippen molar-refractivity contribution in [2.24, 2.45) is 0 Å². The second-order valence-electron chi connectivity index (χ2n) is 15.9. The molecule has 61 heavy (non-hydrogen) atoms. The number of aromatic nitrogens is 3. The zero-order valence-electron chi connectivity index (χ0n) is 33.2. The first-order chi connectivity index (χ1) is 30.3. The molecule has 11 aromatic rings. The van der Waals surface area contributed by atoms with E-state index < -0.39 is 5.41 Å². The summed E-state index contributed by atoms with van der Waals surface area (Å²) in [6.45, 7) is 0. The van der Waals surface area contributed by atoms with Gasteiger partial charge in [0.15, 0.2) is 5.82 Å². The molecule has 1 aliphatic carbocycles. The summed E-state index contributed by atoms with van der Waals surface area (Å²) in [7, 11) is 0. The Bertz CT molecular complexity index is 3410. The van der Waals surface area contributed by atoms with E-state index in [4.69, 9.17) is 15.0 Å². The number of para-hydroxylation sites is 2. The van der Waals surface area contributed by atoms with Crippen molar-refractivity contribution in [1.82, 2.24) is 15.0 Å². The van der Waals surface area contributed by atoms with Gasteiger partial charge in [-0.3, -0.25) is 0 Å². The lowest BCUT2D eigenvalue weighted by Crippen LogP contribution is -2.28. The fourth-order valence-corrected chi connectivity index (χ4v) is 9.87. The minimum absolute atomic E-state index is 0.486. The Hall–Kier alpha value is -8.01. The van der Waals surface area contributed by atoms with Gasteiger partial charge in [-0.05, 0) is 62.7 Å². The summed E-state index contributed by atoms with van der Waals surface area (Å²) in [5.41, 5.74) is 16.3. The van der Waals surface area contributed by atoms with Crippen LogP contribution in [0.15, 0.2) is 224 Å². The SMILES string of the molecule is c1ccc(-c2nc(-c3ccc(-c4cccc(-c5nc6ccccc6c6c7c(ccc56)C(c5ccccc5)(c5ccccc5)c5ccccc5-7)c4)cc3)nc3ccccc23)cc1. The largest absolute Gasteiger partial charge is 0.247 e. The lowest BCUT2D eigenvalue weighted by Gasteiger charge is -2.34. The first kappa shape index (κ1) is 35.0. The van der Waals surface area contributed by atoms with Crippen molar-refractivity contribution in [2.45, 2.75) is 5.41 Å². The fraction of sp³-hybridized carbons (Fsp3) is 0.0172. The minimum Gasteiger partial charge on any atom is -0.247 e. The molecule has 0 amide bonds. The summed E-state index contributed by atoms with van der Waals surface area (Å²) >= 11 is 0. The van der Waals surface area contributed by atoms with E-state index in [-0.39, 0.29) is 0 Å². The summed E-state index contributed by atoms with van der Waals surface area (Å²) in [5.74, 6) is 0.711. The molecule has 3 heteroatoms. The molecule has 0 saturated carbocycles. The molecule has 0 aliphatic heterocycles. The second-order valence-corrected chi connectivity index (χ2v) is 15.9. The van der Waals surface area contributed by atoms with Crippen LogP contribution < -0.4 is 0 Å². The average Bonchev–Trinajstić information content (AvgIpc) is 3.65. The summed E-state index contributed by atoms with van der Waals surface area (Å²) < 4.78 is 0. The van der Waals surface area contributed by atoms with Gasteiger partial charge in [-0.25, -0.2) is 15.0 Å². The Kier molecular flexibility index (Phi) is 8.07. The maximum absolute atomic E-state index is 5.44. The molecule has 2 heterocycles. The fourth-order valence-electron chi connectivity index (χ4n) is 9.87. The highest BCUT2D eigenvalue weighted by molar-refractivity contribution is 6.19. The highest BCUT2D eigenvalue weighted by Gasteiger charge is 2.46. The first-order valence-corrected chi connectivity index (χ1v) is 20.9. The quantitative estimate of drug-likeness (QED) is 0.158. The van der Waals surface area contributed by atoms with Crippen molar-refractivity contribution in [3.8, 4) is 56.2 Å². The molecule has 3 nitrogen and oxygen atoms in total. The topological polar surface area (TPSA) is 38.7 Å². The number of hydrogen-bond donors (Lipinski definition) is 0. The normalized spacial score (nSPS) is 12.7. The third-order valence-electron chi connectivity index (χ3n) is 12.5. The Morgan fingerprint density at radius 2 is 0.869 bits per heavy atom. The summed E-state index contributed by atoms with van der Waals surface area (Å²) in [6.07, 6.45) is 0. The molecule has 0 N–H and O–H groups in total. The lowest BCUT2D eigenvalue weighted by molar-refractivity contribution is 0.769. The maximum Gasteiger partial charge on any atom is 0.160 e. The summed E-state index contributed by atoms with van der Waals surface area (Å²) in [5, 5.41) is 4.57. The molecular weight excluding hydrogens is 739 g/mol. The third kappa shape index (κ3) is 5.48. The average molecular weight is 776 g/mol. The Morgan fingerprint density at radius 1 is 0.311 bits per heavy atom. The second kappa shape index (κ2) is 14.1. The predicted molar refractivity (Wildman–Crippen MR) is 251 cm³/mol. The number of hydrogen-bond acceptors (Lipinski definition) is 3. The van der Waals surface area contributed by atoms with Gasteiger partial charge in [0.25, 0.3) is 0 Å². The van der Waals surface area contributed by atoms with Gasteiger partial charge in [0.05, 0.1) is 27.8 Å². The molecule has 0 spiro atoms. The van der Waals surface area contributed by atoms with Gasteiger partial charge in [0.1, 0.15) is 0 Å². The van der Waals surface area contributed by atoms with Gasteiger partial charge in [-0.2, -0.15) is 0 Å². The van der Waals surface area contributed by atoms with Gasteiger partial charge >= 0.3 is 0 Å². The molecule has 0 radical (unpaired) electrons. The highest BCUT2D eigenvalue weighted by Crippen LogP contribution is 2.58. The van der Waals surface area contributed by atoms with E-state index in [1.165, 1.54) is 38.8 Å². The van der Waals surface area contributed by atoms with Crippen molar-refractivity contribution >= 4 is 32.6 Å². The van der Waals surface area contributed by atoms with Crippen molar-refractivity contribution in [3.63, 3.8) is 0 Å². The standard InChI is InChI=1S/C58H37N3/c1-4-17-39(18-5-1)55-47-27-12-15-30-52(47)60-57(61-55)40-33-31-38(32-34-40)41-19-16-20-42(37-41)56-48-35-36-50-54(53(48)46-26-11-14-29-51(46)59-56)45-25-10-13-28-49(45)58(50,43-21-6-2-7-22-43)44-23-8-3-9-24-44/h1-37H. The first-order valence-electron chi connectivity index (χ1n) is 20.9. The molecule has 2 aromatic heterocycles. The summed E-state index contributed by atoms with van der Waals surface area (Å²) in [6, 6.07) is 80.4. The lowest BCUT2D eigenvalue weighted by atomic mass is 9.67. The zero-order chi connectivity index (χ0) is 40.3. The van der Waals surface area contributed by atoms with Crippen LogP contribution in [0.3, 0.4) is 0 Å². The molecule has 0 fully saturated rings. The summed E-state index contributed by atoms with van der Waals surface area (Å²) in [4.78, 5) is 15.6. The molecule has 284 valence electrons. The van der Waals surface area contributed by atoms with E-state index in [9.17, 15) is 0 Å². The van der Waals surface area contributed by atoms with E-state index in [0.717, 1.165) is 66.4 Å². The van der Waals surface area contributed by atoms with E-state index in [1.807, 2.05) is 18.2 Å². The van der Waals surface area contributed by atoms with Crippen LogP contribution in [-0.4, -0.2) is 15.0 Å². The van der Waals surface area contributed by atoms with E-state index >= 15 is 0 Å². The van der Waals surface area contributed by atoms with Crippen LogP contribution in [0, 0.1) is 0 Å². The van der Waals surface area contributed by atoms with Crippen LogP contribution in [0.4, 0.5) is 0 Å². The van der Waals surface area contributed by atoms with E-state index in [1.54, 1.807) is 0 Å². The highest BCUT2D eigenvalue weighted by atomic mass is 14.9. The van der Waals surface area contributed by atoms with Gasteiger partial charge < -0.3 is 0 Å². The van der Waals surface area contributed by atoms with Crippen molar-refractivity contribution in [1.29, 1.82) is 0 Å². The van der Waals surface area contributed by atoms with Crippen LogP contribution in [0.1, 0.15) is 22.3 Å². The molecule has 0 saturated heterocycles. The predicted octanol–water partition coefficient (Wildman–Crippen LogP) is 14.4. The molecule has 9 aromatic carbocycles. The van der Waals surface area contributed by atoms with E-state index in [2.05, 4.69) is 206 Å². The molecule has 12 rings (SSSR count). The van der Waals surface area contributed by atoms with Crippen molar-refractivity contribution in [3.05, 3.63) is 247 Å². The van der Waals surface area contributed by atoms with Crippen LogP contribution in [0.25, 0.3) is 88.7 Å². The third-order valence-corrected chi connectivity index (χ3v) is 12.5. The van der Waals surface area contributed by atoms with Crippen LogP contribution in [-0.2, 0) is 5.41 Å². The zero-order valence-corrected chi connectivity index (χ0v) is 33.2. The number of rotatable bonds is 6. The van der Waals surface area contributed by atoms with Crippen LogP contribution in [0.2, 0.25) is 0 Å². The van der Waals surface area contributed by atoms with Gasteiger partial charge in [-0.15, -0.1) is 0 Å².